The van der Waals surface area contributed by atoms with Gasteiger partial charge in [-0.1, -0.05) is 78.7 Å². The first-order valence-electron chi connectivity index (χ1n) is 16.6. The molecular formula is C37H54O4. The van der Waals surface area contributed by atoms with Crippen LogP contribution in [0.1, 0.15) is 110 Å². The van der Waals surface area contributed by atoms with E-state index < -0.39 is 0 Å². The van der Waals surface area contributed by atoms with Gasteiger partial charge in [-0.2, -0.15) is 0 Å². The van der Waals surface area contributed by atoms with Gasteiger partial charge in [0.05, 0.1) is 11.7 Å². The third-order valence-corrected chi connectivity index (χ3v) is 12.9. The lowest BCUT2D eigenvalue weighted by atomic mass is 9.46. The molecule has 0 heterocycles. The summed E-state index contributed by atoms with van der Waals surface area (Å²) in [5, 5.41) is 11.4. The van der Waals surface area contributed by atoms with Crippen LogP contribution in [0.5, 0.6) is 0 Å². The van der Waals surface area contributed by atoms with Crippen molar-refractivity contribution in [3.05, 3.63) is 47.5 Å². The molecule has 0 radical (unpaired) electrons. The van der Waals surface area contributed by atoms with Gasteiger partial charge in [0.15, 0.2) is 5.78 Å². The van der Waals surface area contributed by atoms with E-state index in [1.807, 2.05) is 24.3 Å². The molecule has 0 bridgehead atoms. The van der Waals surface area contributed by atoms with Crippen LogP contribution in [0.25, 0.3) is 0 Å². The van der Waals surface area contributed by atoms with E-state index in [9.17, 15) is 14.7 Å². The van der Waals surface area contributed by atoms with E-state index in [0.717, 1.165) is 44.9 Å². The van der Waals surface area contributed by atoms with Crippen molar-refractivity contribution in [2.24, 2.45) is 58.2 Å². The summed E-state index contributed by atoms with van der Waals surface area (Å²) in [5.41, 5.74) is 2.03. The first-order valence-corrected chi connectivity index (χ1v) is 16.6. The Morgan fingerprint density at radius 1 is 1.00 bits per heavy atom. The summed E-state index contributed by atoms with van der Waals surface area (Å²) in [4.78, 5) is 26.9. The Labute approximate surface area is 248 Å². The van der Waals surface area contributed by atoms with E-state index >= 15 is 0 Å². The van der Waals surface area contributed by atoms with Crippen LogP contribution in [0.3, 0.4) is 0 Å². The van der Waals surface area contributed by atoms with Gasteiger partial charge in [0.1, 0.15) is 6.10 Å². The Bertz CT molecular complexity index is 1140. The predicted octanol–water partition coefficient (Wildman–Crippen LogP) is 8.29. The molecule has 4 nitrogen and oxygen atoms in total. The largest absolute Gasteiger partial charge is 0.458 e. The molecule has 4 aliphatic rings. The third-order valence-electron chi connectivity index (χ3n) is 12.9. The summed E-state index contributed by atoms with van der Waals surface area (Å²) in [5.74, 6) is 2.61. The Kier molecular flexibility index (Phi) is 8.65. The zero-order valence-corrected chi connectivity index (χ0v) is 26.6. The molecule has 41 heavy (non-hydrogen) atoms. The molecule has 3 fully saturated rings. The molecule has 5 rings (SSSR count). The molecule has 0 aromatic heterocycles. The molecule has 0 spiro atoms. The molecule has 1 aromatic carbocycles. The SMILES string of the molecule is CC[C@H](C[C@@H](O)[C@@H](C)[C@H]1CC[C@H]2C3=CC(=O)[C@H]4[C@H](C)C(OC(=O)c5ccccc5)CCC4(C)[C@H]3CCC12C)C(C)C. The second-order valence-corrected chi connectivity index (χ2v) is 15.1. The smallest absolute Gasteiger partial charge is 0.338 e. The quantitative estimate of drug-likeness (QED) is 0.324. The number of carbonyl (C=O) groups excluding carboxylic acids is 2. The lowest BCUT2D eigenvalue weighted by Gasteiger charge is -2.58. The van der Waals surface area contributed by atoms with Crippen LogP contribution in [0.4, 0.5) is 0 Å². The first-order chi connectivity index (χ1) is 19.4. The number of esters is 1. The maximum atomic E-state index is 14.0. The van der Waals surface area contributed by atoms with Gasteiger partial charge in [0.25, 0.3) is 0 Å². The fourth-order valence-corrected chi connectivity index (χ4v) is 10.4. The fraction of sp³-hybridized carbons (Fsp3) is 0.730. The van der Waals surface area contributed by atoms with E-state index in [0.29, 0.717) is 35.2 Å². The highest BCUT2D eigenvalue weighted by Gasteiger charge is 2.61. The number of hydrogen-bond donors (Lipinski definition) is 1. The van der Waals surface area contributed by atoms with Crippen molar-refractivity contribution in [3.63, 3.8) is 0 Å². The second-order valence-electron chi connectivity index (χ2n) is 15.1. The summed E-state index contributed by atoms with van der Waals surface area (Å²) in [6, 6.07) is 9.19. The van der Waals surface area contributed by atoms with Crippen molar-refractivity contribution in [1.82, 2.24) is 0 Å². The predicted molar refractivity (Wildman–Crippen MR) is 164 cm³/mol. The number of ketones is 1. The topological polar surface area (TPSA) is 63.6 Å². The first kappa shape index (κ1) is 30.5. The average Bonchev–Trinajstić information content (AvgIpc) is 3.30. The molecule has 11 atom stereocenters. The van der Waals surface area contributed by atoms with Crippen LogP contribution >= 0.6 is 0 Å². The summed E-state index contributed by atoms with van der Waals surface area (Å²) in [7, 11) is 0. The molecule has 0 aliphatic heterocycles. The number of benzene rings is 1. The molecule has 226 valence electrons. The van der Waals surface area contributed by atoms with E-state index in [4.69, 9.17) is 4.74 Å². The summed E-state index contributed by atoms with van der Waals surface area (Å²) in [6.07, 6.45) is 9.84. The van der Waals surface area contributed by atoms with E-state index in [1.165, 1.54) is 12.0 Å². The van der Waals surface area contributed by atoms with E-state index in [2.05, 4.69) is 48.5 Å². The van der Waals surface area contributed by atoms with Crippen molar-refractivity contribution < 1.29 is 19.4 Å². The van der Waals surface area contributed by atoms with Crippen LogP contribution < -0.4 is 0 Å². The van der Waals surface area contributed by atoms with Crippen LogP contribution in [0.15, 0.2) is 42.0 Å². The Hall–Kier alpha value is -1.94. The zero-order valence-electron chi connectivity index (χ0n) is 26.6. The number of fused-ring (bicyclic) bond motifs is 5. The normalized spacial score (nSPS) is 38.8. The minimum atomic E-state index is -0.286. The van der Waals surface area contributed by atoms with Gasteiger partial charge in [0.2, 0.25) is 0 Å². The van der Waals surface area contributed by atoms with Crippen LogP contribution in [0, 0.1) is 58.2 Å². The zero-order chi connectivity index (χ0) is 29.7. The minimum absolute atomic E-state index is 0.000938. The molecule has 0 amide bonds. The minimum Gasteiger partial charge on any atom is -0.458 e. The Balaban J connectivity index is 1.34. The van der Waals surface area contributed by atoms with Crippen molar-refractivity contribution in [2.75, 3.05) is 0 Å². The molecule has 4 heteroatoms. The van der Waals surface area contributed by atoms with Crippen molar-refractivity contribution >= 4 is 11.8 Å². The van der Waals surface area contributed by atoms with Gasteiger partial charge in [-0.3, -0.25) is 4.79 Å². The van der Waals surface area contributed by atoms with Crippen LogP contribution in [-0.2, 0) is 9.53 Å². The van der Waals surface area contributed by atoms with Gasteiger partial charge in [0, 0.05) is 11.8 Å². The molecule has 3 saturated carbocycles. The monoisotopic (exact) mass is 562 g/mol. The Morgan fingerprint density at radius 3 is 2.32 bits per heavy atom. The lowest BCUT2D eigenvalue weighted by Crippen LogP contribution is -2.56. The van der Waals surface area contributed by atoms with Gasteiger partial charge in [-0.15, -0.1) is 0 Å². The molecular weight excluding hydrogens is 508 g/mol. The summed E-state index contributed by atoms with van der Waals surface area (Å²) >= 11 is 0. The maximum absolute atomic E-state index is 14.0. The van der Waals surface area contributed by atoms with Crippen molar-refractivity contribution in [2.45, 2.75) is 112 Å². The number of allylic oxidation sites excluding steroid dienone is 2. The summed E-state index contributed by atoms with van der Waals surface area (Å²) in [6.45, 7) is 16.1. The second kappa shape index (κ2) is 11.6. The molecule has 1 aromatic rings. The van der Waals surface area contributed by atoms with Crippen LogP contribution in [0.2, 0.25) is 0 Å². The summed E-state index contributed by atoms with van der Waals surface area (Å²) < 4.78 is 6.03. The molecule has 4 aliphatic carbocycles. The number of aliphatic hydroxyl groups is 1. The standard InChI is InChI=1S/C37H54O4/c1-8-25(22(2)3)20-31(38)23(4)28-14-15-29-27-21-32(39)34-24(5)33(41-35(40)26-12-10-9-11-13-26)17-19-37(34,7)30(27)16-18-36(28,29)6/h9-13,21-25,28-31,33-34,38H,8,14-20H2,1-7H3/t23-,24+,25+,28+,29-,30-,31+,33?,34+,36?,37?/m0/s1. The van der Waals surface area contributed by atoms with Gasteiger partial charge < -0.3 is 9.84 Å². The van der Waals surface area contributed by atoms with Gasteiger partial charge in [-0.25, -0.2) is 4.79 Å². The number of aliphatic hydroxyl groups excluding tert-OH is 1. The third kappa shape index (κ3) is 5.25. The lowest BCUT2D eigenvalue weighted by molar-refractivity contribution is -0.140. The highest BCUT2D eigenvalue weighted by atomic mass is 16.5. The van der Waals surface area contributed by atoms with Crippen LogP contribution in [-0.4, -0.2) is 29.1 Å². The number of rotatable bonds is 8. The molecule has 1 N–H and O–H groups in total. The van der Waals surface area contributed by atoms with E-state index in [-0.39, 0.29) is 52.5 Å². The van der Waals surface area contributed by atoms with E-state index in [1.54, 1.807) is 12.1 Å². The number of carbonyl (C=O) groups is 2. The molecule has 3 unspecified atom stereocenters. The maximum Gasteiger partial charge on any atom is 0.338 e. The average molecular weight is 563 g/mol. The Morgan fingerprint density at radius 2 is 1.66 bits per heavy atom. The fourth-order valence-electron chi connectivity index (χ4n) is 10.4. The van der Waals surface area contributed by atoms with Crippen molar-refractivity contribution in [1.29, 1.82) is 0 Å². The van der Waals surface area contributed by atoms with Gasteiger partial charge in [-0.05, 0) is 109 Å². The number of hydrogen-bond acceptors (Lipinski definition) is 4. The highest BCUT2D eigenvalue weighted by Crippen LogP contribution is 2.67. The van der Waals surface area contributed by atoms with Crippen molar-refractivity contribution in [3.8, 4) is 0 Å². The van der Waals surface area contributed by atoms with Gasteiger partial charge >= 0.3 is 5.97 Å². The molecule has 0 saturated heterocycles. The number of ether oxygens (including phenoxy) is 1. The highest BCUT2D eigenvalue weighted by molar-refractivity contribution is 5.95.